The maximum absolute atomic E-state index is 12.5. The van der Waals surface area contributed by atoms with Gasteiger partial charge in [-0.3, -0.25) is 24.6 Å². The Kier molecular flexibility index (Phi) is 6.78. The predicted molar refractivity (Wildman–Crippen MR) is 109 cm³/mol. The van der Waals surface area contributed by atoms with Crippen LogP contribution < -0.4 is 5.32 Å². The summed E-state index contributed by atoms with van der Waals surface area (Å²) in [4.78, 5) is 39.0. The normalized spacial score (nSPS) is 14.5. The Morgan fingerprint density at radius 2 is 1.97 bits per heavy atom. The van der Waals surface area contributed by atoms with Crippen LogP contribution in [0, 0.1) is 24.0 Å². The van der Waals surface area contributed by atoms with Gasteiger partial charge in [-0.25, -0.2) is 0 Å². The topological polar surface area (TPSA) is 122 Å². The van der Waals surface area contributed by atoms with Crippen molar-refractivity contribution >= 4 is 23.2 Å². The van der Waals surface area contributed by atoms with Crippen molar-refractivity contribution in [3.05, 3.63) is 51.4 Å². The maximum atomic E-state index is 12.5. The molecule has 0 aliphatic carbocycles. The molecule has 1 saturated heterocycles. The molecule has 0 bridgehead atoms. The minimum Gasteiger partial charge on any atom is -0.361 e. The number of non-ortho nitro benzene ring substituents is 1. The summed E-state index contributed by atoms with van der Waals surface area (Å²) in [6.07, 6.45) is 0.558. The van der Waals surface area contributed by atoms with Gasteiger partial charge in [-0.05, 0) is 19.9 Å². The molecule has 10 nitrogen and oxygen atoms in total. The lowest BCUT2D eigenvalue weighted by Crippen LogP contribution is -2.49. The number of hydrogen-bond acceptors (Lipinski definition) is 7. The van der Waals surface area contributed by atoms with Gasteiger partial charge in [-0.1, -0.05) is 11.2 Å². The van der Waals surface area contributed by atoms with E-state index in [1.165, 1.54) is 18.2 Å². The lowest BCUT2D eigenvalue weighted by atomic mass is 10.1. The van der Waals surface area contributed by atoms with Gasteiger partial charge in [-0.2, -0.15) is 0 Å². The monoisotopic (exact) mass is 415 g/mol. The molecule has 0 saturated carbocycles. The van der Waals surface area contributed by atoms with Gasteiger partial charge in [0.2, 0.25) is 11.8 Å². The molecule has 0 unspecified atom stereocenters. The molecule has 30 heavy (non-hydrogen) atoms. The van der Waals surface area contributed by atoms with E-state index in [0.29, 0.717) is 44.2 Å². The van der Waals surface area contributed by atoms with E-state index in [1.54, 1.807) is 13.0 Å². The van der Waals surface area contributed by atoms with Crippen LogP contribution in [0.2, 0.25) is 0 Å². The molecule has 1 aliphatic heterocycles. The third-order valence-corrected chi connectivity index (χ3v) is 5.23. The van der Waals surface area contributed by atoms with Gasteiger partial charge in [0.15, 0.2) is 0 Å². The first-order valence-corrected chi connectivity index (χ1v) is 9.79. The van der Waals surface area contributed by atoms with Gasteiger partial charge in [0.25, 0.3) is 5.69 Å². The van der Waals surface area contributed by atoms with Crippen molar-refractivity contribution in [1.29, 1.82) is 0 Å². The van der Waals surface area contributed by atoms with Crippen LogP contribution in [0.5, 0.6) is 0 Å². The van der Waals surface area contributed by atoms with E-state index in [2.05, 4.69) is 15.4 Å². The summed E-state index contributed by atoms with van der Waals surface area (Å²) in [5.74, 6) is 0.522. The number of anilines is 1. The molecule has 2 aromatic rings. The Bertz CT molecular complexity index is 914. The number of aromatic nitrogens is 1. The highest BCUT2D eigenvalue weighted by atomic mass is 16.6. The Morgan fingerprint density at radius 1 is 1.23 bits per heavy atom. The van der Waals surface area contributed by atoms with Crippen LogP contribution in [0.4, 0.5) is 11.4 Å². The SMILES string of the molecule is Cc1noc(C)c1CC(=O)N1CCN(CCC(=O)Nc2cccc([N+](=O)[O-])c2)CC1. The van der Waals surface area contributed by atoms with Gasteiger partial charge >= 0.3 is 0 Å². The number of nitro groups is 1. The number of nitrogens with one attached hydrogen (secondary N) is 1. The third-order valence-electron chi connectivity index (χ3n) is 5.23. The lowest BCUT2D eigenvalue weighted by molar-refractivity contribution is -0.384. The number of piperazine rings is 1. The number of carbonyl (C=O) groups excluding carboxylic acids is 2. The van der Waals surface area contributed by atoms with Crippen molar-refractivity contribution in [2.75, 3.05) is 38.0 Å². The first-order chi connectivity index (χ1) is 14.3. The summed E-state index contributed by atoms with van der Waals surface area (Å²) in [5.41, 5.74) is 1.93. The second-order valence-electron chi connectivity index (χ2n) is 7.31. The fourth-order valence-electron chi connectivity index (χ4n) is 3.42. The summed E-state index contributed by atoms with van der Waals surface area (Å²) in [5, 5.41) is 17.4. The Morgan fingerprint density at radius 3 is 2.60 bits per heavy atom. The largest absolute Gasteiger partial charge is 0.361 e. The zero-order chi connectivity index (χ0) is 21.7. The van der Waals surface area contributed by atoms with Crippen LogP contribution in [0.3, 0.4) is 0 Å². The Hall–Kier alpha value is -3.27. The average Bonchev–Trinajstić information content (AvgIpc) is 3.04. The molecular formula is C20H25N5O5. The standard InChI is InChI=1S/C20H25N5O5/c1-14-18(15(2)30-22-14)13-20(27)24-10-8-23(9-11-24)7-6-19(26)21-16-4-3-5-17(12-16)25(28)29/h3-5,12H,6-11,13H2,1-2H3,(H,21,26). The molecule has 0 radical (unpaired) electrons. The number of benzene rings is 1. The van der Waals surface area contributed by atoms with E-state index >= 15 is 0 Å². The molecule has 0 spiro atoms. The highest BCUT2D eigenvalue weighted by Gasteiger charge is 2.23. The Labute approximate surface area is 174 Å². The summed E-state index contributed by atoms with van der Waals surface area (Å²) in [7, 11) is 0. The van der Waals surface area contributed by atoms with Crippen LogP contribution >= 0.6 is 0 Å². The molecule has 1 aromatic heterocycles. The number of carbonyl (C=O) groups is 2. The quantitative estimate of drug-likeness (QED) is 0.541. The van der Waals surface area contributed by atoms with E-state index in [9.17, 15) is 19.7 Å². The minimum atomic E-state index is -0.498. The van der Waals surface area contributed by atoms with Crippen LogP contribution in [0.25, 0.3) is 0 Å². The maximum Gasteiger partial charge on any atom is 0.271 e. The zero-order valence-corrected chi connectivity index (χ0v) is 17.1. The molecule has 1 N–H and O–H groups in total. The van der Waals surface area contributed by atoms with Crippen LogP contribution in [-0.2, 0) is 16.0 Å². The summed E-state index contributed by atoms with van der Waals surface area (Å²) < 4.78 is 5.12. The summed E-state index contributed by atoms with van der Waals surface area (Å²) in [6, 6.07) is 5.87. The Balaban J connectivity index is 1.41. The molecule has 3 rings (SSSR count). The van der Waals surface area contributed by atoms with E-state index in [-0.39, 0.29) is 30.3 Å². The highest BCUT2D eigenvalue weighted by Crippen LogP contribution is 2.17. The highest BCUT2D eigenvalue weighted by molar-refractivity contribution is 5.91. The van der Waals surface area contributed by atoms with Gasteiger partial charge in [-0.15, -0.1) is 0 Å². The second-order valence-corrected chi connectivity index (χ2v) is 7.31. The van der Waals surface area contributed by atoms with E-state index in [1.807, 2.05) is 11.8 Å². The van der Waals surface area contributed by atoms with Crippen LogP contribution in [-0.4, -0.2) is 64.4 Å². The van der Waals surface area contributed by atoms with Crippen molar-refractivity contribution in [2.24, 2.45) is 0 Å². The van der Waals surface area contributed by atoms with E-state index in [0.717, 1.165) is 11.3 Å². The second kappa shape index (κ2) is 9.49. The average molecular weight is 415 g/mol. The lowest BCUT2D eigenvalue weighted by Gasteiger charge is -2.34. The van der Waals surface area contributed by atoms with Gasteiger partial charge in [0.05, 0.1) is 17.0 Å². The fraction of sp³-hybridized carbons (Fsp3) is 0.450. The van der Waals surface area contributed by atoms with Crippen molar-refractivity contribution in [3.63, 3.8) is 0 Å². The molecule has 2 heterocycles. The number of aryl methyl sites for hydroxylation is 2. The molecule has 160 valence electrons. The summed E-state index contributed by atoms with van der Waals surface area (Å²) in [6.45, 7) is 6.79. The molecule has 2 amide bonds. The van der Waals surface area contributed by atoms with Gasteiger partial charge in [0, 0.05) is 62.5 Å². The summed E-state index contributed by atoms with van der Waals surface area (Å²) >= 11 is 0. The predicted octanol–water partition coefficient (Wildman–Crippen LogP) is 1.92. The number of nitrogens with zero attached hydrogens (tertiary/aromatic N) is 4. The molecule has 1 aliphatic rings. The molecular weight excluding hydrogens is 390 g/mol. The van der Waals surface area contributed by atoms with Gasteiger partial charge in [0.1, 0.15) is 5.76 Å². The van der Waals surface area contributed by atoms with Gasteiger partial charge < -0.3 is 14.7 Å². The van der Waals surface area contributed by atoms with Crippen molar-refractivity contribution < 1.29 is 19.0 Å². The number of amides is 2. The third kappa shape index (κ3) is 5.41. The first kappa shape index (κ1) is 21.4. The van der Waals surface area contributed by atoms with E-state index < -0.39 is 4.92 Å². The van der Waals surface area contributed by atoms with Crippen LogP contribution in [0.15, 0.2) is 28.8 Å². The van der Waals surface area contributed by atoms with E-state index in [4.69, 9.17) is 4.52 Å². The number of rotatable bonds is 7. The number of nitro benzene ring substituents is 1. The van der Waals surface area contributed by atoms with Crippen LogP contribution in [0.1, 0.15) is 23.4 Å². The molecule has 1 fully saturated rings. The first-order valence-electron chi connectivity index (χ1n) is 9.79. The smallest absolute Gasteiger partial charge is 0.271 e. The van der Waals surface area contributed by atoms with Crippen molar-refractivity contribution in [3.8, 4) is 0 Å². The van der Waals surface area contributed by atoms with Crippen molar-refractivity contribution in [1.82, 2.24) is 15.0 Å². The number of hydrogen-bond donors (Lipinski definition) is 1. The molecule has 10 heteroatoms. The molecule has 1 aromatic carbocycles. The minimum absolute atomic E-state index is 0.0486. The van der Waals surface area contributed by atoms with Crippen molar-refractivity contribution in [2.45, 2.75) is 26.7 Å². The zero-order valence-electron chi connectivity index (χ0n) is 17.1. The fourth-order valence-corrected chi connectivity index (χ4v) is 3.42. The molecule has 0 atom stereocenters.